The summed E-state index contributed by atoms with van der Waals surface area (Å²) >= 11 is 0. The van der Waals surface area contributed by atoms with Gasteiger partial charge in [0, 0.05) is 54.7 Å². The lowest BCUT2D eigenvalue weighted by Crippen LogP contribution is -2.34. The molecule has 0 bridgehead atoms. The van der Waals surface area contributed by atoms with Gasteiger partial charge in [-0.05, 0) is 43.1 Å². The molecule has 2 heterocycles. The number of nitrogens with one attached hydrogen (secondary N) is 2. The van der Waals surface area contributed by atoms with Gasteiger partial charge in [0.15, 0.2) is 0 Å². The van der Waals surface area contributed by atoms with Crippen LogP contribution in [0.3, 0.4) is 0 Å². The van der Waals surface area contributed by atoms with Gasteiger partial charge in [-0.3, -0.25) is 14.9 Å². The minimum Gasteiger partial charge on any atom is -0.361 e. The van der Waals surface area contributed by atoms with Crippen molar-refractivity contribution >= 4 is 22.5 Å². The summed E-state index contributed by atoms with van der Waals surface area (Å²) < 4.78 is 0. The summed E-state index contributed by atoms with van der Waals surface area (Å²) in [6.45, 7) is 3.68. The zero-order valence-corrected chi connectivity index (χ0v) is 16.8. The average Bonchev–Trinajstić information content (AvgIpc) is 3.42. The van der Waals surface area contributed by atoms with Gasteiger partial charge in [0.05, 0.1) is 4.92 Å². The van der Waals surface area contributed by atoms with E-state index in [1.807, 2.05) is 36.5 Å². The lowest BCUT2D eigenvalue weighted by atomic mass is 9.87. The van der Waals surface area contributed by atoms with Crippen molar-refractivity contribution in [2.75, 3.05) is 26.2 Å². The van der Waals surface area contributed by atoms with Gasteiger partial charge >= 0.3 is 0 Å². The Morgan fingerprint density at radius 3 is 2.77 bits per heavy atom. The van der Waals surface area contributed by atoms with Crippen LogP contribution in [0, 0.1) is 10.1 Å². The number of carbonyl (C=O) groups is 1. The highest BCUT2D eigenvalue weighted by Crippen LogP contribution is 2.34. The summed E-state index contributed by atoms with van der Waals surface area (Å²) in [7, 11) is 0. The van der Waals surface area contributed by atoms with Crippen molar-refractivity contribution in [1.82, 2.24) is 15.2 Å². The van der Waals surface area contributed by atoms with Crippen LogP contribution in [0.5, 0.6) is 0 Å². The van der Waals surface area contributed by atoms with Gasteiger partial charge in [-0.1, -0.05) is 30.3 Å². The molecule has 0 unspecified atom stereocenters. The first kappa shape index (κ1) is 20.1. The molecular formula is C23H26N4O3. The van der Waals surface area contributed by atoms with E-state index in [9.17, 15) is 14.9 Å². The molecule has 1 atom stereocenters. The number of para-hydroxylation sites is 1. The number of nitrogens with zero attached hydrogens (tertiary/aromatic N) is 2. The van der Waals surface area contributed by atoms with E-state index in [-0.39, 0.29) is 23.9 Å². The van der Waals surface area contributed by atoms with E-state index in [4.69, 9.17) is 0 Å². The first-order valence-corrected chi connectivity index (χ1v) is 10.4. The van der Waals surface area contributed by atoms with E-state index < -0.39 is 4.92 Å². The predicted octanol–water partition coefficient (Wildman–Crippen LogP) is 3.81. The molecule has 0 spiro atoms. The number of non-ortho nitro benzene ring substituents is 1. The molecule has 7 heteroatoms. The highest BCUT2D eigenvalue weighted by molar-refractivity contribution is 5.86. The Morgan fingerprint density at radius 1 is 1.17 bits per heavy atom. The van der Waals surface area contributed by atoms with Crippen molar-refractivity contribution in [1.29, 1.82) is 0 Å². The van der Waals surface area contributed by atoms with Gasteiger partial charge in [-0.15, -0.1) is 0 Å². The van der Waals surface area contributed by atoms with E-state index in [0.29, 0.717) is 6.54 Å². The van der Waals surface area contributed by atoms with Crippen molar-refractivity contribution in [3.05, 3.63) is 76.0 Å². The number of fused-ring (bicyclic) bond motifs is 1. The maximum absolute atomic E-state index is 12.8. The van der Waals surface area contributed by atoms with Crippen LogP contribution in [0.15, 0.2) is 54.7 Å². The number of nitro benzene ring substituents is 1. The minimum absolute atomic E-state index is 0.0341. The molecule has 0 aliphatic carbocycles. The minimum atomic E-state index is -0.397. The third kappa shape index (κ3) is 4.52. The van der Waals surface area contributed by atoms with Crippen LogP contribution >= 0.6 is 0 Å². The standard InChI is InChI=1S/C23H26N4O3/c28-23(24-10-13-26-11-3-4-12-26)15-20(17-6-5-7-18(14-17)27(29)30)21-16-25-22-9-2-1-8-19(21)22/h1-2,5-9,14,16,20,25H,3-4,10-13,15H2,(H,24,28)/t20-/m1/s1. The molecule has 4 rings (SSSR count). The predicted molar refractivity (Wildman–Crippen MR) is 117 cm³/mol. The van der Waals surface area contributed by atoms with Crippen LogP contribution in [-0.2, 0) is 4.79 Å². The topological polar surface area (TPSA) is 91.3 Å². The van der Waals surface area contributed by atoms with E-state index >= 15 is 0 Å². The number of H-pyrrole nitrogens is 1. The van der Waals surface area contributed by atoms with E-state index in [0.717, 1.165) is 41.7 Å². The van der Waals surface area contributed by atoms with Crippen LogP contribution in [0.2, 0.25) is 0 Å². The van der Waals surface area contributed by atoms with Crippen molar-refractivity contribution in [2.45, 2.75) is 25.2 Å². The molecule has 0 radical (unpaired) electrons. The van der Waals surface area contributed by atoms with Crippen molar-refractivity contribution in [3.8, 4) is 0 Å². The zero-order valence-electron chi connectivity index (χ0n) is 16.8. The van der Waals surface area contributed by atoms with Gasteiger partial charge in [0.2, 0.25) is 5.91 Å². The quantitative estimate of drug-likeness (QED) is 0.440. The Hall–Kier alpha value is -3.19. The summed E-state index contributed by atoms with van der Waals surface area (Å²) in [4.78, 5) is 29.3. The average molecular weight is 406 g/mol. The Morgan fingerprint density at radius 2 is 1.97 bits per heavy atom. The van der Waals surface area contributed by atoms with Gasteiger partial charge in [0.25, 0.3) is 5.69 Å². The second kappa shape index (κ2) is 9.09. The van der Waals surface area contributed by atoms with Crippen molar-refractivity contribution in [3.63, 3.8) is 0 Å². The normalized spacial score (nSPS) is 15.3. The van der Waals surface area contributed by atoms with Crippen LogP contribution < -0.4 is 5.32 Å². The van der Waals surface area contributed by atoms with Crippen molar-refractivity contribution < 1.29 is 9.72 Å². The SMILES string of the molecule is O=C(C[C@H](c1cccc([N+](=O)[O-])c1)c1c[nH]c2ccccc12)NCCN1CCCC1. The lowest BCUT2D eigenvalue weighted by molar-refractivity contribution is -0.384. The molecule has 1 saturated heterocycles. The zero-order chi connectivity index (χ0) is 20.9. The van der Waals surface area contributed by atoms with Gasteiger partial charge in [-0.2, -0.15) is 0 Å². The highest BCUT2D eigenvalue weighted by atomic mass is 16.6. The summed E-state index contributed by atoms with van der Waals surface area (Å²) in [5.41, 5.74) is 2.76. The fraction of sp³-hybridized carbons (Fsp3) is 0.348. The van der Waals surface area contributed by atoms with E-state index in [1.54, 1.807) is 12.1 Å². The Labute approximate surface area is 175 Å². The second-order valence-corrected chi connectivity index (χ2v) is 7.80. The number of benzene rings is 2. The largest absolute Gasteiger partial charge is 0.361 e. The van der Waals surface area contributed by atoms with Crippen LogP contribution in [-0.4, -0.2) is 46.9 Å². The number of amides is 1. The second-order valence-electron chi connectivity index (χ2n) is 7.80. The van der Waals surface area contributed by atoms with Crippen LogP contribution in [0.1, 0.15) is 36.3 Å². The number of aromatic nitrogens is 1. The first-order chi connectivity index (χ1) is 14.6. The molecule has 7 nitrogen and oxygen atoms in total. The number of aromatic amines is 1. The fourth-order valence-corrected chi connectivity index (χ4v) is 4.26. The summed E-state index contributed by atoms with van der Waals surface area (Å²) in [5.74, 6) is -0.316. The van der Waals surface area contributed by atoms with Crippen LogP contribution in [0.25, 0.3) is 10.9 Å². The van der Waals surface area contributed by atoms with Gasteiger partial charge < -0.3 is 15.2 Å². The smallest absolute Gasteiger partial charge is 0.269 e. The van der Waals surface area contributed by atoms with Crippen molar-refractivity contribution in [2.24, 2.45) is 0 Å². The van der Waals surface area contributed by atoms with Gasteiger partial charge in [0.1, 0.15) is 0 Å². The molecule has 1 aliphatic heterocycles. The Kier molecular flexibility index (Phi) is 6.09. The molecule has 1 aliphatic rings. The molecule has 1 amide bonds. The lowest BCUT2D eigenvalue weighted by Gasteiger charge is -2.18. The molecule has 1 fully saturated rings. The number of hydrogen-bond donors (Lipinski definition) is 2. The number of likely N-dealkylation sites (tertiary alicyclic amines) is 1. The monoisotopic (exact) mass is 406 g/mol. The van der Waals surface area contributed by atoms with E-state index in [2.05, 4.69) is 15.2 Å². The summed E-state index contributed by atoms with van der Waals surface area (Å²) in [5, 5.41) is 15.3. The van der Waals surface area contributed by atoms with Gasteiger partial charge in [-0.25, -0.2) is 0 Å². The fourth-order valence-electron chi connectivity index (χ4n) is 4.26. The highest BCUT2D eigenvalue weighted by Gasteiger charge is 2.23. The molecule has 3 aromatic rings. The number of rotatable bonds is 8. The first-order valence-electron chi connectivity index (χ1n) is 10.4. The molecule has 2 aromatic carbocycles. The number of nitro groups is 1. The van der Waals surface area contributed by atoms with Crippen LogP contribution in [0.4, 0.5) is 5.69 Å². The molecule has 30 heavy (non-hydrogen) atoms. The third-order valence-electron chi connectivity index (χ3n) is 5.82. The summed E-state index contributed by atoms with van der Waals surface area (Å²) in [6, 6.07) is 14.5. The summed E-state index contributed by atoms with van der Waals surface area (Å²) in [6.07, 6.45) is 4.60. The molecule has 2 N–H and O–H groups in total. The Balaban J connectivity index is 1.56. The number of hydrogen-bond acceptors (Lipinski definition) is 4. The van der Waals surface area contributed by atoms with E-state index in [1.165, 1.54) is 18.9 Å². The molecule has 156 valence electrons. The molecular weight excluding hydrogens is 380 g/mol. The Bertz CT molecular complexity index is 1040. The number of carbonyl (C=O) groups excluding carboxylic acids is 1. The molecule has 0 saturated carbocycles. The molecule has 1 aromatic heterocycles. The third-order valence-corrected chi connectivity index (χ3v) is 5.82. The maximum atomic E-state index is 12.8. The maximum Gasteiger partial charge on any atom is 0.269 e.